The summed E-state index contributed by atoms with van der Waals surface area (Å²) in [6, 6.07) is 6.93. The van der Waals surface area contributed by atoms with Crippen molar-refractivity contribution < 1.29 is 9.21 Å². The normalized spacial score (nSPS) is 10.6. The Balaban J connectivity index is 2.61. The molecule has 0 aliphatic rings. The Bertz CT molecular complexity index is 581. The molecule has 0 spiro atoms. The number of Topliss-reactive ketones (excluding diaryl/α,β-unsaturated/α-hetero) is 1. The maximum absolute atomic E-state index is 12.0. The van der Waals surface area contributed by atoms with Gasteiger partial charge in [0.05, 0.1) is 5.39 Å². The predicted molar refractivity (Wildman–Crippen MR) is 61.7 cm³/mol. The van der Waals surface area contributed by atoms with Crippen LogP contribution in [-0.4, -0.2) is 5.78 Å². The summed E-state index contributed by atoms with van der Waals surface area (Å²) in [7, 11) is 0. The molecular formula is C13H12O3. The van der Waals surface area contributed by atoms with Gasteiger partial charge in [0.1, 0.15) is 17.4 Å². The molecule has 0 saturated heterocycles. The van der Waals surface area contributed by atoms with E-state index < -0.39 is 0 Å². The third-order valence-electron chi connectivity index (χ3n) is 2.46. The van der Waals surface area contributed by atoms with Crippen LogP contribution in [0.3, 0.4) is 0 Å². The second-order valence-electron chi connectivity index (χ2n) is 3.65. The van der Waals surface area contributed by atoms with Crippen molar-refractivity contribution >= 4 is 16.8 Å². The SMILES string of the molecule is CCCC(=O)c1coc2ccccc2c1=O. The van der Waals surface area contributed by atoms with Gasteiger partial charge in [0.2, 0.25) is 5.43 Å². The first-order valence-electron chi connectivity index (χ1n) is 5.27. The fraction of sp³-hybridized carbons (Fsp3) is 0.231. The molecule has 1 heterocycles. The van der Waals surface area contributed by atoms with E-state index >= 15 is 0 Å². The number of para-hydroxylation sites is 1. The van der Waals surface area contributed by atoms with Gasteiger partial charge in [-0.15, -0.1) is 0 Å². The van der Waals surface area contributed by atoms with Crippen molar-refractivity contribution in [2.45, 2.75) is 19.8 Å². The van der Waals surface area contributed by atoms with Gasteiger partial charge in [-0.25, -0.2) is 0 Å². The van der Waals surface area contributed by atoms with Crippen LogP contribution in [0.5, 0.6) is 0 Å². The number of carbonyl (C=O) groups excluding carboxylic acids is 1. The van der Waals surface area contributed by atoms with Crippen molar-refractivity contribution in [1.29, 1.82) is 0 Å². The molecular weight excluding hydrogens is 204 g/mol. The Kier molecular flexibility index (Phi) is 2.86. The number of ketones is 1. The van der Waals surface area contributed by atoms with E-state index in [2.05, 4.69) is 0 Å². The summed E-state index contributed by atoms with van der Waals surface area (Å²) in [5.41, 5.74) is 0.432. The standard InChI is InChI=1S/C13H12O3/c1-2-5-11(14)10-8-16-12-7-4-3-6-9(12)13(10)15/h3-4,6-8H,2,5H2,1H3. The van der Waals surface area contributed by atoms with Gasteiger partial charge in [-0.05, 0) is 18.6 Å². The molecule has 0 bridgehead atoms. The molecule has 0 saturated carbocycles. The fourth-order valence-corrected chi connectivity index (χ4v) is 1.63. The Hall–Kier alpha value is -1.90. The molecule has 0 atom stereocenters. The molecule has 0 aliphatic carbocycles. The number of fused-ring (bicyclic) bond motifs is 1. The van der Waals surface area contributed by atoms with E-state index in [9.17, 15) is 9.59 Å². The van der Waals surface area contributed by atoms with E-state index in [-0.39, 0.29) is 16.8 Å². The third-order valence-corrected chi connectivity index (χ3v) is 2.46. The van der Waals surface area contributed by atoms with Crippen molar-refractivity contribution in [3.63, 3.8) is 0 Å². The summed E-state index contributed by atoms with van der Waals surface area (Å²) in [6.07, 6.45) is 2.37. The second-order valence-corrected chi connectivity index (χ2v) is 3.65. The van der Waals surface area contributed by atoms with Gasteiger partial charge >= 0.3 is 0 Å². The lowest BCUT2D eigenvalue weighted by molar-refractivity contribution is 0.0979. The number of hydrogen-bond acceptors (Lipinski definition) is 3. The van der Waals surface area contributed by atoms with Crippen LogP contribution in [0.2, 0.25) is 0 Å². The molecule has 0 amide bonds. The highest BCUT2D eigenvalue weighted by molar-refractivity contribution is 5.98. The second kappa shape index (κ2) is 4.31. The first-order chi connectivity index (χ1) is 7.74. The minimum atomic E-state index is -0.236. The summed E-state index contributed by atoms with van der Waals surface area (Å²) in [5.74, 6) is -0.151. The minimum Gasteiger partial charge on any atom is -0.463 e. The minimum absolute atomic E-state index is 0.151. The average molecular weight is 216 g/mol. The van der Waals surface area contributed by atoms with E-state index in [1.165, 1.54) is 6.26 Å². The average Bonchev–Trinajstić information content (AvgIpc) is 2.30. The summed E-state index contributed by atoms with van der Waals surface area (Å²) >= 11 is 0. The molecule has 0 fully saturated rings. The lowest BCUT2D eigenvalue weighted by atomic mass is 10.1. The topological polar surface area (TPSA) is 47.3 Å². The van der Waals surface area contributed by atoms with Gasteiger partial charge in [-0.3, -0.25) is 9.59 Å². The van der Waals surface area contributed by atoms with Gasteiger partial charge in [0.15, 0.2) is 5.78 Å². The molecule has 1 aromatic carbocycles. The van der Waals surface area contributed by atoms with Gasteiger partial charge in [0, 0.05) is 6.42 Å². The van der Waals surface area contributed by atoms with Crippen molar-refractivity contribution in [2.24, 2.45) is 0 Å². The Morgan fingerprint density at radius 1 is 1.31 bits per heavy atom. The molecule has 3 heteroatoms. The summed E-state index contributed by atoms with van der Waals surface area (Å²) in [4.78, 5) is 23.6. The zero-order valence-electron chi connectivity index (χ0n) is 9.03. The van der Waals surface area contributed by atoms with E-state index in [4.69, 9.17) is 4.42 Å². The van der Waals surface area contributed by atoms with Crippen LogP contribution in [0.1, 0.15) is 30.1 Å². The van der Waals surface area contributed by atoms with Crippen molar-refractivity contribution in [3.8, 4) is 0 Å². The molecule has 2 rings (SSSR count). The summed E-state index contributed by atoms with van der Waals surface area (Å²) in [5, 5.41) is 0.462. The van der Waals surface area contributed by atoms with Crippen LogP contribution in [0.15, 0.2) is 39.7 Å². The third kappa shape index (κ3) is 1.76. The largest absolute Gasteiger partial charge is 0.463 e. The lowest BCUT2D eigenvalue weighted by Gasteiger charge is -2.00. The highest BCUT2D eigenvalue weighted by Crippen LogP contribution is 2.11. The van der Waals surface area contributed by atoms with Gasteiger partial charge < -0.3 is 4.42 Å². The van der Waals surface area contributed by atoms with E-state index in [0.717, 1.165) is 6.42 Å². The van der Waals surface area contributed by atoms with E-state index in [0.29, 0.717) is 17.4 Å². The summed E-state index contributed by atoms with van der Waals surface area (Å²) < 4.78 is 5.27. The van der Waals surface area contributed by atoms with Crippen molar-refractivity contribution in [1.82, 2.24) is 0 Å². The Labute approximate surface area is 92.7 Å². The Morgan fingerprint density at radius 3 is 2.81 bits per heavy atom. The monoisotopic (exact) mass is 216 g/mol. The van der Waals surface area contributed by atoms with Crippen LogP contribution in [0.25, 0.3) is 11.0 Å². The zero-order chi connectivity index (χ0) is 11.5. The molecule has 3 nitrogen and oxygen atoms in total. The van der Waals surface area contributed by atoms with Gasteiger partial charge in [-0.1, -0.05) is 19.1 Å². The molecule has 0 aliphatic heterocycles. The molecule has 2 aromatic rings. The van der Waals surface area contributed by atoms with Gasteiger partial charge in [-0.2, -0.15) is 0 Å². The quantitative estimate of drug-likeness (QED) is 0.741. The molecule has 0 N–H and O–H groups in total. The number of benzene rings is 1. The summed E-state index contributed by atoms with van der Waals surface area (Å²) in [6.45, 7) is 1.90. The number of hydrogen-bond donors (Lipinski definition) is 0. The highest BCUT2D eigenvalue weighted by Gasteiger charge is 2.12. The predicted octanol–water partition coefficient (Wildman–Crippen LogP) is 2.78. The fourth-order valence-electron chi connectivity index (χ4n) is 1.63. The Morgan fingerprint density at radius 2 is 2.06 bits per heavy atom. The van der Waals surface area contributed by atoms with Crippen LogP contribution in [-0.2, 0) is 0 Å². The van der Waals surface area contributed by atoms with Crippen molar-refractivity contribution in [2.75, 3.05) is 0 Å². The van der Waals surface area contributed by atoms with Crippen LogP contribution < -0.4 is 5.43 Å². The number of carbonyl (C=O) groups is 1. The first kappa shape index (κ1) is 10.6. The first-order valence-corrected chi connectivity index (χ1v) is 5.27. The van der Waals surface area contributed by atoms with Crippen LogP contribution >= 0.6 is 0 Å². The zero-order valence-corrected chi connectivity index (χ0v) is 9.03. The molecule has 0 unspecified atom stereocenters. The lowest BCUT2D eigenvalue weighted by Crippen LogP contribution is -2.14. The van der Waals surface area contributed by atoms with Crippen LogP contribution in [0.4, 0.5) is 0 Å². The van der Waals surface area contributed by atoms with Crippen molar-refractivity contribution in [3.05, 3.63) is 46.3 Å². The molecule has 16 heavy (non-hydrogen) atoms. The van der Waals surface area contributed by atoms with Crippen LogP contribution in [0, 0.1) is 0 Å². The molecule has 1 aromatic heterocycles. The molecule has 0 radical (unpaired) electrons. The number of rotatable bonds is 3. The van der Waals surface area contributed by atoms with Gasteiger partial charge in [0.25, 0.3) is 0 Å². The van der Waals surface area contributed by atoms with E-state index in [1.807, 2.05) is 6.92 Å². The molecule has 82 valence electrons. The van der Waals surface area contributed by atoms with E-state index in [1.54, 1.807) is 24.3 Å². The smallest absolute Gasteiger partial charge is 0.203 e. The maximum Gasteiger partial charge on any atom is 0.203 e. The maximum atomic E-state index is 12.0. The highest BCUT2D eigenvalue weighted by atomic mass is 16.3.